The van der Waals surface area contributed by atoms with Gasteiger partial charge in [0.25, 0.3) is 0 Å². The number of ether oxygens (including phenoxy) is 2. The first-order chi connectivity index (χ1) is 11.6. The van der Waals surface area contributed by atoms with E-state index in [1.54, 1.807) is 38.6 Å². The quantitative estimate of drug-likeness (QED) is 0.452. The first-order valence-electron chi connectivity index (χ1n) is 7.43. The molecule has 1 aromatic heterocycles. The Bertz CT molecular complexity index is 759. The lowest BCUT2D eigenvalue weighted by molar-refractivity contribution is -0.542. The fraction of sp³-hybridized carbons (Fsp3) is 0.250. The lowest BCUT2D eigenvalue weighted by Gasteiger charge is -2.17. The van der Waals surface area contributed by atoms with Crippen molar-refractivity contribution in [2.24, 2.45) is 10.2 Å². The smallest absolute Gasteiger partial charge is 0.491 e. The number of hydrazone groups is 1. The van der Waals surface area contributed by atoms with Crippen LogP contribution in [0.15, 0.2) is 59.3 Å². The number of rotatable bonds is 3. The van der Waals surface area contributed by atoms with Gasteiger partial charge in [-0.1, -0.05) is 11.3 Å². The Morgan fingerprint density at radius 2 is 1.79 bits per heavy atom. The van der Waals surface area contributed by atoms with Crippen LogP contribution in [-0.2, 0) is 9.47 Å². The van der Waals surface area contributed by atoms with E-state index in [2.05, 4.69) is 10.2 Å². The number of amides is 1. The van der Waals surface area contributed by atoms with Gasteiger partial charge in [-0.2, -0.15) is 5.10 Å². The van der Waals surface area contributed by atoms with Crippen LogP contribution in [0.4, 0.5) is 4.79 Å². The third-order valence-electron chi connectivity index (χ3n) is 2.89. The van der Waals surface area contributed by atoms with Crippen molar-refractivity contribution >= 4 is 17.8 Å². The van der Waals surface area contributed by atoms with Crippen molar-refractivity contribution in [2.45, 2.75) is 13.8 Å². The van der Waals surface area contributed by atoms with E-state index in [1.807, 2.05) is 24.3 Å². The van der Waals surface area contributed by atoms with Gasteiger partial charge in [0.1, 0.15) is 0 Å². The summed E-state index contributed by atoms with van der Waals surface area (Å²) >= 11 is 0. The first kappa shape index (κ1) is 17.2. The minimum Gasteiger partial charge on any atom is -0.599 e. The summed E-state index contributed by atoms with van der Waals surface area (Å²) in [7, 11) is 0. The van der Waals surface area contributed by atoms with Gasteiger partial charge < -0.3 is 14.6 Å². The van der Waals surface area contributed by atoms with E-state index in [0.717, 1.165) is 10.8 Å². The molecule has 0 spiro atoms. The maximum Gasteiger partial charge on any atom is 0.491 e. The highest BCUT2D eigenvalue weighted by atomic mass is 16.6. The van der Waals surface area contributed by atoms with E-state index in [1.165, 1.54) is 9.37 Å². The number of hydrogen-bond acceptors (Lipinski definition) is 6. The fourth-order valence-electron chi connectivity index (χ4n) is 1.85. The molecule has 1 aromatic rings. The van der Waals surface area contributed by atoms with E-state index >= 15 is 0 Å². The predicted octanol–water partition coefficient (Wildman–Crippen LogP) is 0.324. The van der Waals surface area contributed by atoms with E-state index in [0.29, 0.717) is 0 Å². The molecule has 8 nitrogen and oxygen atoms in total. The predicted molar refractivity (Wildman–Crippen MR) is 83.7 cm³/mol. The summed E-state index contributed by atoms with van der Waals surface area (Å²) < 4.78 is 10.9. The largest absolute Gasteiger partial charge is 0.599 e. The van der Waals surface area contributed by atoms with E-state index in [-0.39, 0.29) is 13.2 Å². The number of pyridine rings is 1. The molecule has 126 valence electrons. The summed E-state index contributed by atoms with van der Waals surface area (Å²) in [6.07, 6.45) is 8.93. The number of carbonyl (C=O) groups is 1. The van der Waals surface area contributed by atoms with Crippen molar-refractivity contribution in [3.8, 4) is 0 Å². The fourth-order valence-corrected chi connectivity index (χ4v) is 1.85. The van der Waals surface area contributed by atoms with Gasteiger partial charge in [0, 0.05) is 24.5 Å². The maximum atomic E-state index is 11.3. The molecule has 8 heteroatoms. The zero-order chi connectivity index (χ0) is 17.4. The van der Waals surface area contributed by atoms with E-state index in [9.17, 15) is 9.90 Å². The molecule has 1 aliphatic rings. The average molecular weight is 330 g/mol. The minimum absolute atomic E-state index is 0.280. The van der Waals surface area contributed by atoms with Crippen molar-refractivity contribution < 1.29 is 23.7 Å². The van der Waals surface area contributed by atoms with Gasteiger partial charge in [0.05, 0.1) is 11.7 Å². The molecule has 0 aromatic carbocycles. The van der Waals surface area contributed by atoms with Crippen LogP contribution in [0.25, 0.3) is 5.57 Å². The van der Waals surface area contributed by atoms with Crippen molar-refractivity contribution in [1.82, 2.24) is 5.01 Å². The van der Waals surface area contributed by atoms with Gasteiger partial charge in [0.15, 0.2) is 6.08 Å². The monoisotopic (exact) mass is 330 g/mol. The number of allylic oxidation sites excluding steroid dienone is 2. The van der Waals surface area contributed by atoms with Gasteiger partial charge in [-0.05, 0) is 36.5 Å². The summed E-state index contributed by atoms with van der Waals surface area (Å²) in [6, 6.07) is 3.62. The number of hydrogen-bond donors (Lipinski definition) is 0. The lowest BCUT2D eigenvalue weighted by atomic mass is 10.1. The topological polar surface area (TPSA) is 92.5 Å². The molecule has 1 amide bonds. The van der Waals surface area contributed by atoms with Crippen LogP contribution in [0, 0.1) is 0 Å². The van der Waals surface area contributed by atoms with Crippen LogP contribution in [0.2, 0.25) is 0 Å². The highest BCUT2D eigenvalue weighted by Gasteiger charge is 2.04. The molecule has 0 fully saturated rings. The third kappa shape index (κ3) is 4.94. The van der Waals surface area contributed by atoms with Crippen LogP contribution in [0.3, 0.4) is 0 Å². The Hall–Kier alpha value is -3.16. The first-order valence-corrected chi connectivity index (χ1v) is 7.43. The second-order valence-electron chi connectivity index (χ2n) is 4.53. The highest BCUT2D eigenvalue weighted by molar-refractivity contribution is 5.68. The molecule has 0 saturated heterocycles. The number of aromatic nitrogens is 1. The van der Waals surface area contributed by atoms with Crippen LogP contribution >= 0.6 is 0 Å². The number of carbonyl (C=O) groups excluding carboxylic acids is 1. The Balaban J connectivity index is 2.16. The molecule has 2 rings (SSSR count). The second kappa shape index (κ2) is 8.47. The lowest BCUT2D eigenvalue weighted by Crippen LogP contribution is -2.24. The zero-order valence-corrected chi connectivity index (χ0v) is 13.5. The minimum atomic E-state index is -0.642. The Labute approximate surface area is 139 Å². The molecule has 0 bridgehead atoms. The third-order valence-corrected chi connectivity index (χ3v) is 2.89. The van der Waals surface area contributed by atoms with Crippen molar-refractivity contribution in [3.63, 3.8) is 0 Å². The van der Waals surface area contributed by atoms with Crippen LogP contribution < -0.4 is 14.7 Å². The average Bonchev–Trinajstić information content (AvgIpc) is 2.57. The van der Waals surface area contributed by atoms with Crippen molar-refractivity contribution in [1.29, 1.82) is 0 Å². The van der Waals surface area contributed by atoms with Gasteiger partial charge >= 0.3 is 6.09 Å². The molecule has 0 atom stereocenters. The highest BCUT2D eigenvalue weighted by Crippen LogP contribution is 2.09. The maximum absolute atomic E-state index is 11.3. The summed E-state index contributed by atoms with van der Waals surface area (Å²) in [5.74, 6) is 0. The number of nitrogens with zero attached hydrogens (tertiary/aromatic N) is 4. The van der Waals surface area contributed by atoms with Crippen molar-refractivity contribution in [3.05, 3.63) is 54.3 Å². The van der Waals surface area contributed by atoms with Gasteiger partial charge in [-0.3, -0.25) is 0 Å². The molecular formula is C16H18N4O4. The second-order valence-corrected chi connectivity index (χ2v) is 4.53. The molecular weight excluding hydrogens is 312 g/mol. The standard InChI is InChI=1S/C16H18N4O4/c1-3-23-15(21)17-19-9-5-13(6-10-19)14-7-11-20(12-8-14)18-16(22)24-4-2/h5-12H,3-4H2,1-2H3. The Morgan fingerprint density at radius 3 is 2.38 bits per heavy atom. The van der Waals surface area contributed by atoms with Gasteiger partial charge in [-0.25, -0.2) is 9.80 Å². The van der Waals surface area contributed by atoms with Crippen molar-refractivity contribution in [2.75, 3.05) is 13.2 Å². The molecule has 24 heavy (non-hydrogen) atoms. The summed E-state index contributed by atoms with van der Waals surface area (Å²) in [4.78, 5) is 11.3. The Kier molecular flexibility index (Phi) is 6.07. The van der Waals surface area contributed by atoms with Gasteiger partial charge in [0.2, 0.25) is 12.4 Å². The van der Waals surface area contributed by atoms with Gasteiger partial charge in [-0.15, -0.1) is 0 Å². The van der Waals surface area contributed by atoms with E-state index < -0.39 is 12.2 Å². The molecule has 1 aliphatic heterocycles. The molecule has 0 radical (unpaired) electrons. The van der Waals surface area contributed by atoms with Crippen LogP contribution in [0.5, 0.6) is 0 Å². The Morgan fingerprint density at radius 1 is 1.17 bits per heavy atom. The summed E-state index contributed by atoms with van der Waals surface area (Å²) in [5, 5.41) is 21.0. The molecule has 0 N–H and O–H groups in total. The molecule has 0 saturated carbocycles. The normalized spacial score (nSPS) is 13.8. The van der Waals surface area contributed by atoms with Crippen LogP contribution in [0.1, 0.15) is 13.8 Å². The SMILES string of the molecule is CCOC(=O)N=[n+]1ccc(=C2C=CN(/N=C(\[O-])OCC)C=C2)cc1. The molecule has 0 aliphatic carbocycles. The van der Waals surface area contributed by atoms with E-state index in [4.69, 9.17) is 9.47 Å². The summed E-state index contributed by atoms with van der Waals surface area (Å²) in [6.45, 7) is 4.00. The van der Waals surface area contributed by atoms with Crippen LogP contribution in [-0.4, -0.2) is 30.4 Å². The molecule has 2 heterocycles. The summed E-state index contributed by atoms with van der Waals surface area (Å²) in [5.41, 5.74) is 0.925. The zero-order valence-electron chi connectivity index (χ0n) is 13.5. The molecule has 0 unspecified atom stereocenters.